The summed E-state index contributed by atoms with van der Waals surface area (Å²) in [6, 6.07) is 0. The Morgan fingerprint density at radius 2 is 2.18 bits per heavy atom. The van der Waals surface area contributed by atoms with E-state index in [1.165, 1.54) is 25.7 Å². The Labute approximate surface area is 68.2 Å². The molecule has 2 saturated carbocycles. The Morgan fingerprint density at radius 1 is 1.36 bits per heavy atom. The van der Waals surface area contributed by atoms with Crippen LogP contribution in [-0.4, -0.2) is 5.78 Å². The maximum atomic E-state index is 10.9. The van der Waals surface area contributed by atoms with Crippen LogP contribution in [-0.2, 0) is 4.79 Å². The molecule has 0 spiro atoms. The van der Waals surface area contributed by atoms with Crippen molar-refractivity contribution >= 4 is 5.78 Å². The lowest BCUT2D eigenvalue weighted by atomic mass is 9.85. The fourth-order valence-corrected chi connectivity index (χ4v) is 3.00. The predicted molar refractivity (Wildman–Crippen MR) is 44.2 cm³/mol. The molecule has 62 valence electrons. The molecule has 2 bridgehead atoms. The summed E-state index contributed by atoms with van der Waals surface area (Å²) in [4.78, 5) is 10.9. The fraction of sp³-hybridized carbons (Fsp3) is 0.900. The maximum absolute atomic E-state index is 10.9. The summed E-state index contributed by atoms with van der Waals surface area (Å²) in [6.07, 6.45) is 6.49. The van der Waals surface area contributed by atoms with Crippen LogP contribution in [0.25, 0.3) is 0 Å². The molecule has 2 aliphatic rings. The van der Waals surface area contributed by atoms with Gasteiger partial charge in [-0.15, -0.1) is 0 Å². The molecule has 0 aliphatic heterocycles. The van der Waals surface area contributed by atoms with Crippen molar-refractivity contribution in [2.75, 3.05) is 0 Å². The second-order valence-electron chi connectivity index (χ2n) is 4.34. The summed E-state index contributed by atoms with van der Waals surface area (Å²) in [5.74, 6) is 3.07. The number of Topliss-reactive ketones (excluding diaryl/α,β-unsaturated/α-hetero) is 1. The molecule has 0 N–H and O–H groups in total. The van der Waals surface area contributed by atoms with E-state index in [0.717, 1.165) is 24.2 Å². The summed E-state index contributed by atoms with van der Waals surface area (Å²) in [6.45, 7) is 1.73. The first-order chi connectivity index (χ1) is 5.25. The number of hydrogen-bond donors (Lipinski definition) is 0. The predicted octanol–water partition coefficient (Wildman–Crippen LogP) is 2.40. The third-order valence-corrected chi connectivity index (χ3v) is 3.43. The van der Waals surface area contributed by atoms with Gasteiger partial charge in [0.15, 0.2) is 0 Å². The highest BCUT2D eigenvalue weighted by Crippen LogP contribution is 2.49. The van der Waals surface area contributed by atoms with E-state index in [1.807, 2.05) is 0 Å². The SMILES string of the molecule is CC(=O)CC1C[C@H]2CC[C@H]1C2. The molecule has 2 aliphatic carbocycles. The van der Waals surface area contributed by atoms with E-state index in [4.69, 9.17) is 0 Å². The topological polar surface area (TPSA) is 17.1 Å². The molecule has 2 rings (SSSR count). The van der Waals surface area contributed by atoms with Gasteiger partial charge in [0.25, 0.3) is 0 Å². The second-order valence-corrected chi connectivity index (χ2v) is 4.34. The molecule has 1 unspecified atom stereocenters. The van der Waals surface area contributed by atoms with Crippen LogP contribution in [0.4, 0.5) is 0 Å². The van der Waals surface area contributed by atoms with E-state index < -0.39 is 0 Å². The number of fused-ring (bicyclic) bond motifs is 2. The molecule has 0 aromatic carbocycles. The van der Waals surface area contributed by atoms with Crippen LogP contribution < -0.4 is 0 Å². The minimum absolute atomic E-state index is 0.391. The summed E-state index contributed by atoms with van der Waals surface area (Å²) < 4.78 is 0. The zero-order chi connectivity index (χ0) is 7.84. The lowest BCUT2D eigenvalue weighted by molar-refractivity contribution is -0.118. The third kappa shape index (κ3) is 1.33. The smallest absolute Gasteiger partial charge is 0.130 e. The zero-order valence-electron chi connectivity index (χ0n) is 7.18. The van der Waals surface area contributed by atoms with Crippen LogP contribution in [0.15, 0.2) is 0 Å². The van der Waals surface area contributed by atoms with Crippen LogP contribution in [0.3, 0.4) is 0 Å². The molecule has 2 fully saturated rings. The number of hydrogen-bond acceptors (Lipinski definition) is 1. The van der Waals surface area contributed by atoms with Gasteiger partial charge < -0.3 is 4.79 Å². The van der Waals surface area contributed by atoms with Gasteiger partial charge in [-0.1, -0.05) is 6.42 Å². The van der Waals surface area contributed by atoms with Crippen molar-refractivity contribution in [1.82, 2.24) is 0 Å². The lowest BCUT2D eigenvalue weighted by Gasteiger charge is -2.19. The van der Waals surface area contributed by atoms with Gasteiger partial charge in [0.1, 0.15) is 5.78 Å². The molecule has 1 nitrogen and oxygen atoms in total. The van der Waals surface area contributed by atoms with Gasteiger partial charge in [0, 0.05) is 6.42 Å². The molecule has 1 heteroatoms. The highest BCUT2D eigenvalue weighted by Gasteiger charge is 2.39. The summed E-state index contributed by atoms with van der Waals surface area (Å²) >= 11 is 0. The largest absolute Gasteiger partial charge is 0.300 e. The van der Waals surface area contributed by atoms with Crippen molar-refractivity contribution in [1.29, 1.82) is 0 Å². The van der Waals surface area contributed by atoms with Crippen LogP contribution >= 0.6 is 0 Å². The van der Waals surface area contributed by atoms with Gasteiger partial charge in [-0.25, -0.2) is 0 Å². The van der Waals surface area contributed by atoms with Gasteiger partial charge in [-0.05, 0) is 43.9 Å². The molecule has 0 saturated heterocycles. The molecule has 0 aromatic heterocycles. The van der Waals surface area contributed by atoms with Crippen LogP contribution in [0.2, 0.25) is 0 Å². The van der Waals surface area contributed by atoms with E-state index >= 15 is 0 Å². The zero-order valence-corrected chi connectivity index (χ0v) is 7.18. The average molecular weight is 152 g/mol. The van der Waals surface area contributed by atoms with Crippen molar-refractivity contribution in [3.63, 3.8) is 0 Å². The second kappa shape index (κ2) is 2.62. The minimum atomic E-state index is 0.391. The molecule has 3 atom stereocenters. The van der Waals surface area contributed by atoms with E-state index in [2.05, 4.69) is 0 Å². The molecular weight excluding hydrogens is 136 g/mol. The Morgan fingerprint density at radius 3 is 2.64 bits per heavy atom. The van der Waals surface area contributed by atoms with E-state index in [-0.39, 0.29) is 0 Å². The molecular formula is C10H16O. The minimum Gasteiger partial charge on any atom is -0.300 e. The molecule has 0 aromatic rings. The van der Waals surface area contributed by atoms with Crippen molar-refractivity contribution in [2.24, 2.45) is 17.8 Å². The van der Waals surface area contributed by atoms with E-state index in [9.17, 15) is 4.79 Å². The Balaban J connectivity index is 1.92. The van der Waals surface area contributed by atoms with Crippen molar-refractivity contribution in [2.45, 2.75) is 39.0 Å². The lowest BCUT2D eigenvalue weighted by Crippen LogP contribution is -2.13. The quantitative estimate of drug-likeness (QED) is 0.593. The Bertz CT molecular complexity index is 174. The van der Waals surface area contributed by atoms with E-state index in [1.54, 1.807) is 6.92 Å². The highest BCUT2D eigenvalue weighted by molar-refractivity contribution is 5.75. The van der Waals surface area contributed by atoms with Gasteiger partial charge in [0.2, 0.25) is 0 Å². The van der Waals surface area contributed by atoms with Gasteiger partial charge in [0.05, 0.1) is 0 Å². The van der Waals surface area contributed by atoms with Gasteiger partial charge in [-0.3, -0.25) is 0 Å². The number of carbonyl (C=O) groups is 1. The molecule has 11 heavy (non-hydrogen) atoms. The average Bonchev–Trinajstić information content (AvgIpc) is 2.45. The molecule has 0 heterocycles. The van der Waals surface area contributed by atoms with Gasteiger partial charge in [-0.2, -0.15) is 0 Å². The van der Waals surface area contributed by atoms with Crippen LogP contribution in [0, 0.1) is 17.8 Å². The number of ketones is 1. The highest BCUT2D eigenvalue weighted by atomic mass is 16.1. The normalized spacial score (nSPS) is 41.4. The fourth-order valence-electron chi connectivity index (χ4n) is 3.00. The van der Waals surface area contributed by atoms with Crippen molar-refractivity contribution < 1.29 is 4.79 Å². The first kappa shape index (κ1) is 7.33. The summed E-state index contributed by atoms with van der Waals surface area (Å²) in [5.41, 5.74) is 0. The first-order valence-corrected chi connectivity index (χ1v) is 4.75. The molecule has 0 radical (unpaired) electrons. The first-order valence-electron chi connectivity index (χ1n) is 4.75. The van der Waals surface area contributed by atoms with Crippen LogP contribution in [0.5, 0.6) is 0 Å². The summed E-state index contributed by atoms with van der Waals surface area (Å²) in [5, 5.41) is 0. The monoisotopic (exact) mass is 152 g/mol. The van der Waals surface area contributed by atoms with Crippen LogP contribution in [0.1, 0.15) is 39.0 Å². The Kier molecular flexibility index (Phi) is 1.74. The molecule has 0 amide bonds. The number of carbonyl (C=O) groups excluding carboxylic acids is 1. The van der Waals surface area contributed by atoms with Gasteiger partial charge >= 0.3 is 0 Å². The van der Waals surface area contributed by atoms with E-state index in [0.29, 0.717) is 5.78 Å². The third-order valence-electron chi connectivity index (χ3n) is 3.43. The Hall–Kier alpha value is -0.330. The van der Waals surface area contributed by atoms with Crippen molar-refractivity contribution in [3.8, 4) is 0 Å². The maximum Gasteiger partial charge on any atom is 0.130 e. The number of rotatable bonds is 2. The standard InChI is InChI=1S/C10H16O/c1-7(11)4-10-6-8-2-3-9(10)5-8/h8-10H,2-6H2,1H3/t8-,9-,10?/m0/s1. The summed E-state index contributed by atoms with van der Waals surface area (Å²) in [7, 11) is 0. The van der Waals surface area contributed by atoms with Crippen molar-refractivity contribution in [3.05, 3.63) is 0 Å².